The van der Waals surface area contributed by atoms with Crippen LogP contribution < -0.4 is 5.32 Å². The molecule has 1 heterocycles. The number of para-hydroxylation sites is 1. The number of halogens is 1. The van der Waals surface area contributed by atoms with Crippen molar-refractivity contribution in [3.8, 4) is 5.75 Å². The molecule has 0 radical (unpaired) electrons. The number of nitrogens with one attached hydrogen (secondary N) is 1. The van der Waals surface area contributed by atoms with Crippen molar-refractivity contribution >= 4 is 12.4 Å². The maximum Gasteiger partial charge on any atom is 0.120 e. The number of phenolic OH excluding ortho intramolecular Hbond substituents is 1. The molecule has 0 aliphatic carbocycles. The zero-order valence-corrected chi connectivity index (χ0v) is 12.0. The Labute approximate surface area is 115 Å². The third kappa shape index (κ3) is 3.61. The summed E-state index contributed by atoms with van der Waals surface area (Å²) >= 11 is 0. The van der Waals surface area contributed by atoms with Gasteiger partial charge in [0.1, 0.15) is 11.5 Å². The van der Waals surface area contributed by atoms with E-state index in [0.717, 1.165) is 18.7 Å². The lowest BCUT2D eigenvalue weighted by Crippen LogP contribution is -2.56. The van der Waals surface area contributed by atoms with Crippen LogP contribution in [0.25, 0.3) is 0 Å². The van der Waals surface area contributed by atoms with Gasteiger partial charge in [0, 0.05) is 18.4 Å². The monoisotopic (exact) mass is 271 g/mol. The van der Waals surface area contributed by atoms with Crippen molar-refractivity contribution in [2.45, 2.75) is 32.9 Å². The third-order valence-corrected chi connectivity index (χ3v) is 3.24. The first kappa shape index (κ1) is 15.3. The average molecular weight is 272 g/mol. The molecule has 3 nitrogen and oxygen atoms in total. The molecule has 0 aromatic heterocycles. The van der Waals surface area contributed by atoms with Crippen LogP contribution in [0, 0.1) is 5.41 Å². The van der Waals surface area contributed by atoms with Crippen LogP contribution in [-0.2, 0) is 11.2 Å². The molecule has 1 unspecified atom stereocenters. The Morgan fingerprint density at radius 1 is 1.28 bits per heavy atom. The predicted molar refractivity (Wildman–Crippen MR) is 75.2 cm³/mol. The Balaban J connectivity index is 0.00000162. The van der Waals surface area contributed by atoms with E-state index in [1.807, 2.05) is 25.1 Å². The highest BCUT2D eigenvalue weighted by molar-refractivity contribution is 5.85. The SMILES string of the molecule is CC1(C)CNC(C)(Cc2ccccc2O)OC1.Cl. The zero-order chi connectivity index (χ0) is 12.5. The van der Waals surface area contributed by atoms with Gasteiger partial charge in [-0.25, -0.2) is 0 Å². The summed E-state index contributed by atoms with van der Waals surface area (Å²) in [5, 5.41) is 13.2. The van der Waals surface area contributed by atoms with Crippen molar-refractivity contribution < 1.29 is 9.84 Å². The van der Waals surface area contributed by atoms with E-state index >= 15 is 0 Å². The lowest BCUT2D eigenvalue weighted by Gasteiger charge is -2.42. The summed E-state index contributed by atoms with van der Waals surface area (Å²) in [4.78, 5) is 0. The number of rotatable bonds is 2. The molecule has 4 heteroatoms. The van der Waals surface area contributed by atoms with E-state index in [1.165, 1.54) is 0 Å². The second-order valence-electron chi connectivity index (χ2n) is 5.84. The second-order valence-corrected chi connectivity index (χ2v) is 5.84. The van der Waals surface area contributed by atoms with Crippen LogP contribution in [0.15, 0.2) is 24.3 Å². The van der Waals surface area contributed by atoms with Crippen LogP contribution in [0.1, 0.15) is 26.3 Å². The van der Waals surface area contributed by atoms with Gasteiger partial charge in [0.25, 0.3) is 0 Å². The maximum atomic E-state index is 9.77. The van der Waals surface area contributed by atoms with Crippen molar-refractivity contribution in [1.82, 2.24) is 5.32 Å². The number of aromatic hydroxyl groups is 1. The van der Waals surface area contributed by atoms with E-state index in [1.54, 1.807) is 6.07 Å². The van der Waals surface area contributed by atoms with Crippen LogP contribution in [-0.4, -0.2) is 24.0 Å². The van der Waals surface area contributed by atoms with Gasteiger partial charge in [-0.15, -0.1) is 12.4 Å². The molecule has 1 aromatic carbocycles. The van der Waals surface area contributed by atoms with Crippen LogP contribution in [0.5, 0.6) is 5.75 Å². The summed E-state index contributed by atoms with van der Waals surface area (Å²) in [5.41, 5.74) is 0.717. The minimum atomic E-state index is -0.381. The van der Waals surface area contributed by atoms with Gasteiger partial charge in [-0.2, -0.15) is 0 Å². The van der Waals surface area contributed by atoms with E-state index < -0.39 is 0 Å². The number of hydrogen-bond donors (Lipinski definition) is 2. The molecule has 0 bridgehead atoms. The first-order valence-corrected chi connectivity index (χ1v) is 6.06. The van der Waals surface area contributed by atoms with Gasteiger partial charge in [0.15, 0.2) is 0 Å². The number of benzene rings is 1. The van der Waals surface area contributed by atoms with Gasteiger partial charge in [0.2, 0.25) is 0 Å². The molecule has 18 heavy (non-hydrogen) atoms. The Morgan fingerprint density at radius 2 is 1.94 bits per heavy atom. The molecule has 0 amide bonds. The van der Waals surface area contributed by atoms with Gasteiger partial charge in [-0.3, -0.25) is 5.32 Å². The van der Waals surface area contributed by atoms with Crippen molar-refractivity contribution in [3.63, 3.8) is 0 Å². The maximum absolute atomic E-state index is 9.77. The van der Waals surface area contributed by atoms with Gasteiger partial charge in [-0.05, 0) is 18.6 Å². The average Bonchev–Trinajstić information content (AvgIpc) is 2.27. The van der Waals surface area contributed by atoms with E-state index in [9.17, 15) is 5.11 Å². The summed E-state index contributed by atoms with van der Waals surface area (Å²) in [6.45, 7) is 8.06. The smallest absolute Gasteiger partial charge is 0.120 e. The fourth-order valence-electron chi connectivity index (χ4n) is 2.02. The molecule has 1 fully saturated rings. The normalized spacial score (nSPS) is 26.4. The molecule has 1 saturated heterocycles. The summed E-state index contributed by atoms with van der Waals surface area (Å²) in [5.74, 6) is 0.337. The molecule has 1 aliphatic heterocycles. The molecule has 102 valence electrons. The summed E-state index contributed by atoms with van der Waals surface area (Å²) in [6, 6.07) is 7.42. The van der Waals surface area contributed by atoms with Gasteiger partial charge >= 0.3 is 0 Å². The van der Waals surface area contributed by atoms with Gasteiger partial charge < -0.3 is 9.84 Å². The van der Waals surface area contributed by atoms with Gasteiger partial charge in [-0.1, -0.05) is 32.0 Å². The van der Waals surface area contributed by atoms with Crippen LogP contribution in [0.4, 0.5) is 0 Å². The summed E-state index contributed by atoms with van der Waals surface area (Å²) in [7, 11) is 0. The van der Waals surface area contributed by atoms with Crippen molar-refractivity contribution in [2.75, 3.05) is 13.2 Å². The first-order valence-electron chi connectivity index (χ1n) is 6.06. The zero-order valence-electron chi connectivity index (χ0n) is 11.2. The Bertz CT molecular complexity index is 397. The molecular weight excluding hydrogens is 250 g/mol. The lowest BCUT2D eigenvalue weighted by molar-refractivity contribution is -0.125. The first-order chi connectivity index (χ1) is 7.90. The molecule has 1 aromatic rings. The van der Waals surface area contributed by atoms with E-state index in [2.05, 4.69) is 19.2 Å². The van der Waals surface area contributed by atoms with E-state index in [-0.39, 0.29) is 23.5 Å². The summed E-state index contributed by atoms with van der Waals surface area (Å²) in [6.07, 6.45) is 0.676. The molecule has 2 rings (SSSR count). The van der Waals surface area contributed by atoms with E-state index in [0.29, 0.717) is 12.2 Å². The fourth-order valence-corrected chi connectivity index (χ4v) is 2.02. The molecular formula is C14H22ClNO2. The standard InChI is InChI=1S/C14H21NO2.ClH/c1-13(2)9-15-14(3,17-10-13)8-11-6-4-5-7-12(11)16;/h4-7,15-16H,8-10H2,1-3H3;1H. The van der Waals surface area contributed by atoms with Crippen molar-refractivity contribution in [3.05, 3.63) is 29.8 Å². The number of phenols is 1. The second kappa shape index (κ2) is 5.47. The number of hydrogen-bond acceptors (Lipinski definition) is 3. The summed E-state index contributed by atoms with van der Waals surface area (Å²) < 4.78 is 5.92. The van der Waals surface area contributed by atoms with Gasteiger partial charge in [0.05, 0.1) is 6.61 Å². The Hall–Kier alpha value is -0.770. The quantitative estimate of drug-likeness (QED) is 0.869. The third-order valence-electron chi connectivity index (χ3n) is 3.24. The van der Waals surface area contributed by atoms with Crippen molar-refractivity contribution in [1.29, 1.82) is 0 Å². The topological polar surface area (TPSA) is 41.5 Å². The molecule has 2 N–H and O–H groups in total. The van der Waals surface area contributed by atoms with Crippen LogP contribution >= 0.6 is 12.4 Å². The highest BCUT2D eigenvalue weighted by Gasteiger charge is 2.35. The molecule has 0 spiro atoms. The molecule has 0 saturated carbocycles. The van der Waals surface area contributed by atoms with E-state index in [4.69, 9.17) is 4.74 Å². The highest BCUT2D eigenvalue weighted by atomic mass is 35.5. The highest BCUT2D eigenvalue weighted by Crippen LogP contribution is 2.28. The number of ether oxygens (including phenoxy) is 1. The minimum Gasteiger partial charge on any atom is -0.508 e. The van der Waals surface area contributed by atoms with Crippen molar-refractivity contribution in [2.24, 2.45) is 5.41 Å². The van der Waals surface area contributed by atoms with Crippen LogP contribution in [0.3, 0.4) is 0 Å². The fraction of sp³-hybridized carbons (Fsp3) is 0.571. The lowest BCUT2D eigenvalue weighted by atomic mass is 9.90. The Morgan fingerprint density at radius 3 is 2.50 bits per heavy atom. The predicted octanol–water partition coefficient (Wildman–Crippen LogP) is 2.72. The largest absolute Gasteiger partial charge is 0.508 e. The molecule has 1 atom stereocenters. The Kier molecular flexibility index (Phi) is 4.65. The van der Waals surface area contributed by atoms with Crippen LogP contribution in [0.2, 0.25) is 0 Å². The minimum absolute atomic E-state index is 0. The molecule has 1 aliphatic rings.